The zero-order chi connectivity index (χ0) is 20.0. The van der Waals surface area contributed by atoms with Crippen LogP contribution in [0.15, 0.2) is 40.9 Å². The summed E-state index contributed by atoms with van der Waals surface area (Å²) in [4.78, 5) is 12.5. The summed E-state index contributed by atoms with van der Waals surface area (Å²) in [5.74, 6) is 1.98. The number of ether oxygens (including phenoxy) is 4. The SMILES string of the molecule is COc1cc(C(C)NC(=O)C(C)Oc2ccc(Br)cc2)cc(OC)c1OC. The second-order valence-corrected chi connectivity index (χ2v) is 6.82. The van der Waals surface area contributed by atoms with Crippen LogP contribution in [-0.4, -0.2) is 33.3 Å². The number of hydrogen-bond donors (Lipinski definition) is 1. The van der Waals surface area contributed by atoms with Crippen LogP contribution in [-0.2, 0) is 4.79 Å². The zero-order valence-electron chi connectivity index (χ0n) is 16.0. The molecule has 7 heteroatoms. The van der Waals surface area contributed by atoms with Gasteiger partial charge in [-0.3, -0.25) is 4.79 Å². The quantitative estimate of drug-likeness (QED) is 0.672. The van der Waals surface area contributed by atoms with E-state index in [2.05, 4.69) is 21.2 Å². The highest BCUT2D eigenvalue weighted by molar-refractivity contribution is 9.10. The number of rotatable bonds is 8. The Balaban J connectivity index is 2.10. The number of methoxy groups -OCH3 is 3. The van der Waals surface area contributed by atoms with Crippen LogP contribution in [0, 0.1) is 0 Å². The predicted octanol–water partition coefficient (Wildman–Crippen LogP) is 4.12. The molecule has 1 amide bonds. The van der Waals surface area contributed by atoms with Crippen LogP contribution in [0.4, 0.5) is 0 Å². The first-order valence-electron chi connectivity index (χ1n) is 8.42. The average Bonchev–Trinajstić information content (AvgIpc) is 2.68. The third kappa shape index (κ3) is 5.29. The van der Waals surface area contributed by atoms with Crippen LogP contribution in [0.1, 0.15) is 25.5 Å². The van der Waals surface area contributed by atoms with E-state index < -0.39 is 6.10 Å². The molecular weight excluding hydrogens is 414 g/mol. The summed E-state index contributed by atoms with van der Waals surface area (Å²) < 4.78 is 22.7. The van der Waals surface area contributed by atoms with Crippen molar-refractivity contribution < 1.29 is 23.7 Å². The molecule has 0 spiro atoms. The van der Waals surface area contributed by atoms with Crippen LogP contribution in [0.2, 0.25) is 0 Å². The molecule has 2 unspecified atom stereocenters. The molecule has 0 saturated carbocycles. The van der Waals surface area contributed by atoms with Crippen molar-refractivity contribution in [3.63, 3.8) is 0 Å². The summed E-state index contributed by atoms with van der Waals surface area (Å²) in [6.07, 6.45) is -0.643. The summed E-state index contributed by atoms with van der Waals surface area (Å²) in [5.41, 5.74) is 0.827. The first-order valence-corrected chi connectivity index (χ1v) is 9.21. The van der Waals surface area contributed by atoms with Crippen molar-refractivity contribution in [2.45, 2.75) is 26.0 Å². The molecule has 2 aromatic carbocycles. The number of carbonyl (C=O) groups excluding carboxylic acids is 1. The normalized spacial score (nSPS) is 12.7. The van der Waals surface area contributed by atoms with Crippen LogP contribution >= 0.6 is 15.9 Å². The van der Waals surface area contributed by atoms with Gasteiger partial charge in [0.25, 0.3) is 5.91 Å². The van der Waals surface area contributed by atoms with E-state index in [1.165, 1.54) is 0 Å². The molecule has 146 valence electrons. The van der Waals surface area contributed by atoms with Crippen LogP contribution < -0.4 is 24.3 Å². The smallest absolute Gasteiger partial charge is 0.261 e. The third-order valence-corrected chi connectivity index (χ3v) is 4.57. The molecule has 1 N–H and O–H groups in total. The lowest BCUT2D eigenvalue weighted by Gasteiger charge is -2.21. The molecule has 0 fully saturated rings. The summed E-state index contributed by atoms with van der Waals surface area (Å²) >= 11 is 3.37. The Bertz CT molecular complexity index is 753. The van der Waals surface area contributed by atoms with Gasteiger partial charge in [-0.25, -0.2) is 0 Å². The number of carbonyl (C=O) groups is 1. The van der Waals surface area contributed by atoms with Gasteiger partial charge in [-0.2, -0.15) is 0 Å². The van der Waals surface area contributed by atoms with Gasteiger partial charge in [0.15, 0.2) is 17.6 Å². The Morgan fingerprint density at radius 2 is 1.52 bits per heavy atom. The van der Waals surface area contributed by atoms with E-state index in [9.17, 15) is 4.79 Å². The zero-order valence-corrected chi connectivity index (χ0v) is 17.6. The topological polar surface area (TPSA) is 66.0 Å². The van der Waals surface area contributed by atoms with Gasteiger partial charge >= 0.3 is 0 Å². The first kappa shape index (κ1) is 20.9. The minimum atomic E-state index is -0.643. The van der Waals surface area contributed by atoms with Crippen molar-refractivity contribution in [3.8, 4) is 23.0 Å². The Kier molecular flexibility index (Phi) is 7.36. The van der Waals surface area contributed by atoms with E-state index in [-0.39, 0.29) is 11.9 Å². The van der Waals surface area contributed by atoms with Crippen molar-refractivity contribution in [3.05, 3.63) is 46.4 Å². The van der Waals surface area contributed by atoms with Crippen molar-refractivity contribution >= 4 is 21.8 Å². The Morgan fingerprint density at radius 1 is 0.963 bits per heavy atom. The average molecular weight is 438 g/mol. The van der Waals surface area contributed by atoms with E-state index >= 15 is 0 Å². The summed E-state index contributed by atoms with van der Waals surface area (Å²) in [6, 6.07) is 10.7. The molecule has 0 aliphatic heterocycles. The maximum Gasteiger partial charge on any atom is 0.261 e. The fourth-order valence-corrected chi connectivity index (χ4v) is 2.80. The highest BCUT2D eigenvalue weighted by Gasteiger charge is 2.21. The maximum absolute atomic E-state index is 12.5. The molecule has 0 aliphatic carbocycles. The third-order valence-electron chi connectivity index (χ3n) is 4.04. The summed E-state index contributed by atoms with van der Waals surface area (Å²) in [6.45, 7) is 3.59. The van der Waals surface area contributed by atoms with Gasteiger partial charge in [-0.1, -0.05) is 15.9 Å². The van der Waals surface area contributed by atoms with Gasteiger partial charge in [0, 0.05) is 4.47 Å². The van der Waals surface area contributed by atoms with E-state index in [1.54, 1.807) is 40.4 Å². The minimum absolute atomic E-state index is 0.223. The molecule has 0 bridgehead atoms. The standard InChI is InChI=1S/C20H24BrNO5/c1-12(14-10-17(24-3)19(26-5)18(11-14)25-4)22-20(23)13(2)27-16-8-6-15(21)7-9-16/h6-13H,1-5H3,(H,22,23). The van der Waals surface area contributed by atoms with E-state index in [4.69, 9.17) is 18.9 Å². The fourth-order valence-electron chi connectivity index (χ4n) is 2.54. The molecule has 6 nitrogen and oxygen atoms in total. The van der Waals surface area contributed by atoms with Gasteiger partial charge in [-0.15, -0.1) is 0 Å². The molecular formula is C20H24BrNO5. The summed E-state index contributed by atoms with van der Waals surface area (Å²) in [5, 5.41) is 2.94. The lowest BCUT2D eigenvalue weighted by Crippen LogP contribution is -2.37. The number of benzene rings is 2. The van der Waals surface area contributed by atoms with E-state index in [0.29, 0.717) is 23.0 Å². The lowest BCUT2D eigenvalue weighted by atomic mass is 10.1. The largest absolute Gasteiger partial charge is 0.493 e. The van der Waals surface area contributed by atoms with Crippen molar-refractivity contribution in [1.29, 1.82) is 0 Å². The van der Waals surface area contributed by atoms with E-state index in [0.717, 1.165) is 10.0 Å². The Morgan fingerprint density at radius 3 is 2.00 bits per heavy atom. The molecule has 0 saturated heterocycles. The summed E-state index contributed by atoms with van der Waals surface area (Å²) in [7, 11) is 4.66. The molecule has 2 aromatic rings. The lowest BCUT2D eigenvalue weighted by molar-refractivity contribution is -0.127. The second kappa shape index (κ2) is 9.50. The van der Waals surface area contributed by atoms with Crippen LogP contribution in [0.25, 0.3) is 0 Å². The van der Waals surface area contributed by atoms with Gasteiger partial charge in [0.05, 0.1) is 27.4 Å². The highest BCUT2D eigenvalue weighted by Crippen LogP contribution is 2.39. The molecule has 0 aromatic heterocycles. The highest BCUT2D eigenvalue weighted by atomic mass is 79.9. The minimum Gasteiger partial charge on any atom is -0.493 e. The van der Waals surface area contributed by atoms with Gasteiger partial charge < -0.3 is 24.3 Å². The van der Waals surface area contributed by atoms with Crippen LogP contribution in [0.3, 0.4) is 0 Å². The number of amides is 1. The monoisotopic (exact) mass is 437 g/mol. The van der Waals surface area contributed by atoms with E-state index in [1.807, 2.05) is 31.2 Å². The number of hydrogen-bond acceptors (Lipinski definition) is 5. The number of nitrogens with one attached hydrogen (secondary N) is 1. The van der Waals surface area contributed by atoms with Gasteiger partial charge in [0.1, 0.15) is 5.75 Å². The molecule has 27 heavy (non-hydrogen) atoms. The maximum atomic E-state index is 12.5. The van der Waals surface area contributed by atoms with Crippen LogP contribution in [0.5, 0.6) is 23.0 Å². The first-order chi connectivity index (χ1) is 12.9. The van der Waals surface area contributed by atoms with Crippen molar-refractivity contribution in [1.82, 2.24) is 5.32 Å². The van der Waals surface area contributed by atoms with Crippen molar-refractivity contribution in [2.24, 2.45) is 0 Å². The molecule has 0 aliphatic rings. The molecule has 2 atom stereocenters. The molecule has 0 heterocycles. The Labute approximate surface area is 167 Å². The fraction of sp³-hybridized carbons (Fsp3) is 0.350. The predicted molar refractivity (Wildman–Crippen MR) is 107 cm³/mol. The van der Waals surface area contributed by atoms with Gasteiger partial charge in [0.2, 0.25) is 5.75 Å². The van der Waals surface area contributed by atoms with Crippen molar-refractivity contribution in [2.75, 3.05) is 21.3 Å². The number of halogens is 1. The second-order valence-electron chi connectivity index (χ2n) is 5.90. The van der Waals surface area contributed by atoms with Gasteiger partial charge in [-0.05, 0) is 55.8 Å². The Hall–Kier alpha value is -2.41. The molecule has 2 rings (SSSR count). The molecule has 0 radical (unpaired) electrons.